The smallest absolute Gasteiger partial charge is 0.309 e. The van der Waals surface area contributed by atoms with Crippen LogP contribution < -0.4 is 0 Å². The van der Waals surface area contributed by atoms with E-state index < -0.39 is 17.0 Å². The Morgan fingerprint density at radius 3 is 2.32 bits per heavy atom. The van der Waals surface area contributed by atoms with Crippen molar-refractivity contribution in [2.24, 2.45) is 22.7 Å². The van der Waals surface area contributed by atoms with E-state index in [9.17, 15) is 14.7 Å². The van der Waals surface area contributed by atoms with Crippen LogP contribution in [-0.4, -0.2) is 23.1 Å². The zero-order chi connectivity index (χ0) is 13.9. The topological polar surface area (TPSA) is 63.6 Å². The minimum absolute atomic E-state index is 0.142. The van der Waals surface area contributed by atoms with E-state index in [1.807, 2.05) is 13.8 Å². The second kappa shape index (κ2) is 3.74. The highest BCUT2D eigenvalue weighted by molar-refractivity contribution is 5.75. The van der Waals surface area contributed by atoms with Crippen LogP contribution in [0.2, 0.25) is 0 Å². The molecular weight excluding hydrogens is 244 g/mol. The van der Waals surface area contributed by atoms with E-state index in [0.717, 1.165) is 32.1 Å². The molecule has 1 N–H and O–H groups in total. The molecule has 4 heteroatoms. The third-order valence-electron chi connectivity index (χ3n) is 6.13. The lowest BCUT2D eigenvalue weighted by Gasteiger charge is -2.64. The molecule has 4 nitrogen and oxygen atoms in total. The zero-order valence-corrected chi connectivity index (χ0v) is 11.6. The van der Waals surface area contributed by atoms with Crippen LogP contribution >= 0.6 is 0 Å². The maximum atomic E-state index is 11.8. The molecule has 0 amide bonds. The molecule has 0 radical (unpaired) electrons. The van der Waals surface area contributed by atoms with Gasteiger partial charge >= 0.3 is 5.97 Å². The van der Waals surface area contributed by atoms with Gasteiger partial charge in [-0.15, -0.1) is 0 Å². The quantitative estimate of drug-likeness (QED) is 0.794. The van der Waals surface area contributed by atoms with Crippen molar-refractivity contribution in [3.8, 4) is 0 Å². The highest BCUT2D eigenvalue weighted by atomic mass is 16.5. The lowest BCUT2D eigenvalue weighted by Crippen LogP contribution is -2.62. The first-order valence-corrected chi connectivity index (χ1v) is 7.17. The average Bonchev–Trinajstić information content (AvgIpc) is 2.26. The van der Waals surface area contributed by atoms with E-state index in [-0.39, 0.29) is 5.41 Å². The summed E-state index contributed by atoms with van der Waals surface area (Å²) in [4.78, 5) is 22.6. The SMILES string of the molecule is CC(C)(OC=O)C12C[C@@H]3C[C@@H](CC(C(=O)O)(C3)C1)C2. The second-order valence-corrected chi connectivity index (χ2v) is 7.55. The Morgan fingerprint density at radius 2 is 1.84 bits per heavy atom. The molecule has 4 saturated carbocycles. The highest BCUT2D eigenvalue weighted by Gasteiger charge is 2.65. The highest BCUT2D eigenvalue weighted by Crippen LogP contribution is 2.68. The van der Waals surface area contributed by atoms with Gasteiger partial charge in [0, 0.05) is 5.41 Å². The largest absolute Gasteiger partial charge is 0.481 e. The van der Waals surface area contributed by atoms with Crippen molar-refractivity contribution < 1.29 is 19.4 Å². The fourth-order valence-corrected chi connectivity index (χ4v) is 5.46. The molecule has 4 fully saturated rings. The molecule has 0 aliphatic heterocycles. The standard InChI is InChI=1S/C15H22O4/c1-13(2,19-9-16)15-6-10-3-11(7-15)5-14(4-10,8-15)12(17)18/h9-11H,3-8H2,1-2H3,(H,17,18)/t10-,11+,14?,15?. The van der Waals surface area contributed by atoms with Gasteiger partial charge in [-0.2, -0.15) is 0 Å². The average molecular weight is 266 g/mol. The number of rotatable bonds is 4. The normalized spacial score (nSPS) is 44.1. The molecule has 0 aromatic carbocycles. The van der Waals surface area contributed by atoms with Gasteiger partial charge in [0.2, 0.25) is 0 Å². The van der Waals surface area contributed by atoms with E-state index in [1.165, 1.54) is 0 Å². The molecular formula is C15H22O4. The van der Waals surface area contributed by atoms with Crippen LogP contribution in [0, 0.1) is 22.7 Å². The van der Waals surface area contributed by atoms with Crippen LogP contribution in [0.4, 0.5) is 0 Å². The number of aliphatic carboxylic acids is 1. The second-order valence-electron chi connectivity index (χ2n) is 7.55. The summed E-state index contributed by atoms with van der Waals surface area (Å²) in [6.45, 7) is 4.42. The molecule has 0 aromatic rings. The van der Waals surface area contributed by atoms with Crippen molar-refractivity contribution in [3.05, 3.63) is 0 Å². The maximum absolute atomic E-state index is 11.8. The van der Waals surface area contributed by atoms with Crippen molar-refractivity contribution in [3.63, 3.8) is 0 Å². The van der Waals surface area contributed by atoms with Crippen molar-refractivity contribution in [1.29, 1.82) is 0 Å². The Labute approximate surface area is 113 Å². The Balaban J connectivity index is 2.00. The van der Waals surface area contributed by atoms with Crippen molar-refractivity contribution in [2.75, 3.05) is 0 Å². The van der Waals surface area contributed by atoms with Gasteiger partial charge in [0.05, 0.1) is 5.41 Å². The third kappa shape index (κ3) is 1.65. The van der Waals surface area contributed by atoms with Gasteiger partial charge in [-0.1, -0.05) is 0 Å². The first-order chi connectivity index (χ1) is 8.82. The van der Waals surface area contributed by atoms with Crippen LogP contribution in [0.1, 0.15) is 52.4 Å². The summed E-state index contributed by atoms with van der Waals surface area (Å²) in [6.07, 6.45) is 5.49. The predicted octanol–water partition coefficient (Wildman–Crippen LogP) is 2.61. The summed E-state index contributed by atoms with van der Waals surface area (Å²) >= 11 is 0. The van der Waals surface area contributed by atoms with E-state index in [4.69, 9.17) is 4.74 Å². The van der Waals surface area contributed by atoms with Gasteiger partial charge in [0.1, 0.15) is 5.60 Å². The summed E-state index contributed by atoms with van der Waals surface area (Å²) < 4.78 is 5.37. The number of carboxylic acids is 1. The van der Waals surface area contributed by atoms with E-state index in [0.29, 0.717) is 24.7 Å². The van der Waals surface area contributed by atoms with Gasteiger partial charge in [0.25, 0.3) is 6.47 Å². The number of hydrogen-bond donors (Lipinski definition) is 1. The maximum Gasteiger partial charge on any atom is 0.309 e. The molecule has 2 unspecified atom stereocenters. The molecule has 4 bridgehead atoms. The summed E-state index contributed by atoms with van der Waals surface area (Å²) in [5, 5.41) is 9.68. The molecule has 19 heavy (non-hydrogen) atoms. The first-order valence-electron chi connectivity index (χ1n) is 7.17. The number of ether oxygens (including phenoxy) is 1. The Kier molecular flexibility index (Phi) is 2.55. The van der Waals surface area contributed by atoms with E-state index >= 15 is 0 Å². The van der Waals surface area contributed by atoms with Crippen LogP contribution in [-0.2, 0) is 14.3 Å². The van der Waals surface area contributed by atoms with Gasteiger partial charge in [-0.25, -0.2) is 0 Å². The number of carboxylic acid groups (broad SMARTS) is 1. The minimum atomic E-state index is -0.645. The molecule has 0 saturated heterocycles. The first kappa shape index (κ1) is 12.9. The van der Waals surface area contributed by atoms with E-state index in [2.05, 4.69) is 0 Å². The van der Waals surface area contributed by atoms with Gasteiger partial charge in [-0.3, -0.25) is 9.59 Å². The van der Waals surface area contributed by atoms with Crippen LogP contribution in [0.25, 0.3) is 0 Å². The minimum Gasteiger partial charge on any atom is -0.481 e. The lowest BCUT2D eigenvalue weighted by atomic mass is 9.41. The van der Waals surface area contributed by atoms with Crippen molar-refractivity contribution >= 4 is 12.4 Å². The van der Waals surface area contributed by atoms with Crippen molar-refractivity contribution in [2.45, 2.75) is 58.0 Å². The summed E-state index contributed by atoms with van der Waals surface area (Å²) in [6, 6.07) is 0. The Bertz CT molecular complexity index is 412. The summed E-state index contributed by atoms with van der Waals surface area (Å²) in [5.74, 6) is 0.339. The number of hydrogen-bond acceptors (Lipinski definition) is 3. The fraction of sp³-hybridized carbons (Fsp3) is 0.867. The van der Waals surface area contributed by atoms with Crippen LogP contribution in [0.5, 0.6) is 0 Å². The van der Waals surface area contributed by atoms with Gasteiger partial charge in [0.15, 0.2) is 0 Å². The van der Waals surface area contributed by atoms with Crippen LogP contribution in [0.15, 0.2) is 0 Å². The van der Waals surface area contributed by atoms with Crippen LogP contribution in [0.3, 0.4) is 0 Å². The fourth-order valence-electron chi connectivity index (χ4n) is 5.46. The zero-order valence-electron chi connectivity index (χ0n) is 11.6. The predicted molar refractivity (Wildman–Crippen MR) is 68.4 cm³/mol. The molecule has 0 heterocycles. The molecule has 4 rings (SSSR count). The molecule has 0 spiro atoms. The lowest BCUT2D eigenvalue weighted by molar-refractivity contribution is -0.213. The number of carbonyl (C=O) groups excluding carboxylic acids is 1. The third-order valence-corrected chi connectivity index (χ3v) is 6.13. The molecule has 4 atom stereocenters. The molecule has 4 aliphatic rings. The number of carbonyl (C=O) groups is 2. The van der Waals surface area contributed by atoms with Gasteiger partial charge in [-0.05, 0) is 64.2 Å². The summed E-state index contributed by atoms with van der Waals surface area (Å²) in [7, 11) is 0. The van der Waals surface area contributed by atoms with Crippen molar-refractivity contribution in [1.82, 2.24) is 0 Å². The summed E-state index contributed by atoms with van der Waals surface area (Å²) in [5.41, 5.74) is -1.27. The van der Waals surface area contributed by atoms with Gasteiger partial charge < -0.3 is 9.84 Å². The molecule has 0 aromatic heterocycles. The molecule has 106 valence electrons. The Hall–Kier alpha value is -1.06. The van der Waals surface area contributed by atoms with E-state index in [1.54, 1.807) is 0 Å². The Morgan fingerprint density at radius 1 is 1.26 bits per heavy atom. The molecule has 4 aliphatic carbocycles. The monoisotopic (exact) mass is 266 g/mol.